The molecule has 48 heavy (non-hydrogen) atoms. The van der Waals surface area contributed by atoms with Crippen LogP contribution in [0.3, 0.4) is 0 Å². The van der Waals surface area contributed by atoms with E-state index >= 15 is 0 Å². The summed E-state index contributed by atoms with van der Waals surface area (Å²) in [5, 5.41) is 6.87. The normalized spacial score (nSPS) is 19.1. The minimum atomic E-state index is -0.787. The maximum atomic E-state index is 13.0. The molecule has 9 nitrogen and oxygen atoms in total. The summed E-state index contributed by atoms with van der Waals surface area (Å²) in [5.74, 6) is 0.220. The van der Waals surface area contributed by atoms with Crippen LogP contribution in [0.15, 0.2) is 109 Å². The summed E-state index contributed by atoms with van der Waals surface area (Å²) < 4.78 is 32.9. The zero-order valence-electron chi connectivity index (χ0n) is 26.5. The minimum absolute atomic E-state index is 0.0655. The molecule has 6 aromatic rings. The largest absolute Gasteiger partial charge is 0.497 e. The molecule has 0 saturated carbocycles. The summed E-state index contributed by atoms with van der Waals surface area (Å²) in [7, 11) is 1.61. The average molecular weight is 664 g/mol. The summed E-state index contributed by atoms with van der Waals surface area (Å²) in [5.41, 5.74) is 4.31. The summed E-state index contributed by atoms with van der Waals surface area (Å²) in [6, 6.07) is 34.2. The van der Waals surface area contributed by atoms with E-state index in [0.29, 0.717) is 51.8 Å². The van der Waals surface area contributed by atoms with Crippen molar-refractivity contribution in [3.63, 3.8) is 0 Å². The lowest BCUT2D eigenvalue weighted by Crippen LogP contribution is -2.39. The van der Waals surface area contributed by atoms with E-state index in [1.807, 2.05) is 91.9 Å². The summed E-state index contributed by atoms with van der Waals surface area (Å²) in [6.45, 7) is 2.41. The van der Waals surface area contributed by atoms with Gasteiger partial charge in [0, 0.05) is 5.39 Å². The van der Waals surface area contributed by atoms with Crippen molar-refractivity contribution in [1.82, 2.24) is 14.8 Å². The van der Waals surface area contributed by atoms with Crippen LogP contribution in [0.5, 0.6) is 5.75 Å². The van der Waals surface area contributed by atoms with E-state index in [9.17, 15) is 4.79 Å². The summed E-state index contributed by atoms with van der Waals surface area (Å²) in [6.07, 6.45) is -2.77. The number of methoxy groups -OCH3 is 1. The zero-order chi connectivity index (χ0) is 33.0. The Balaban J connectivity index is 1.28. The van der Waals surface area contributed by atoms with Crippen LogP contribution in [-0.4, -0.2) is 52.8 Å². The van der Waals surface area contributed by atoms with Crippen LogP contribution in [0, 0.1) is 6.92 Å². The highest BCUT2D eigenvalue weighted by Gasteiger charge is 2.49. The average Bonchev–Trinajstić information content (AvgIpc) is 3.65. The lowest BCUT2D eigenvalue weighted by Gasteiger charge is -2.25. The Kier molecular flexibility index (Phi) is 9.36. The van der Waals surface area contributed by atoms with Crippen LogP contribution in [0.1, 0.15) is 33.4 Å². The molecule has 0 amide bonds. The van der Waals surface area contributed by atoms with Crippen molar-refractivity contribution >= 4 is 39.5 Å². The zero-order valence-corrected chi connectivity index (χ0v) is 27.2. The van der Waals surface area contributed by atoms with Gasteiger partial charge >= 0.3 is 5.97 Å². The van der Waals surface area contributed by atoms with Crippen LogP contribution < -0.4 is 4.74 Å². The van der Waals surface area contributed by atoms with E-state index in [0.717, 1.165) is 16.5 Å². The Hall–Kier alpha value is -4.80. The highest BCUT2D eigenvalue weighted by molar-refractivity contribution is 6.40. The molecule has 7 rings (SSSR count). The van der Waals surface area contributed by atoms with Gasteiger partial charge in [0.2, 0.25) is 0 Å². The molecule has 3 heterocycles. The van der Waals surface area contributed by atoms with E-state index in [1.54, 1.807) is 36.1 Å². The molecule has 0 aliphatic carbocycles. The van der Waals surface area contributed by atoms with Gasteiger partial charge in [-0.1, -0.05) is 90.5 Å². The molecule has 244 valence electrons. The third-order valence-corrected chi connectivity index (χ3v) is 8.82. The second-order valence-corrected chi connectivity index (χ2v) is 12.0. The van der Waals surface area contributed by atoms with Gasteiger partial charge in [0.05, 0.1) is 47.5 Å². The smallest absolute Gasteiger partial charge is 0.338 e. The molecule has 0 unspecified atom stereocenters. The number of esters is 1. The fourth-order valence-electron chi connectivity index (χ4n) is 6.01. The molecule has 1 fully saturated rings. The molecule has 4 atom stereocenters. The van der Waals surface area contributed by atoms with Gasteiger partial charge in [-0.05, 0) is 48.4 Å². The fourth-order valence-corrected chi connectivity index (χ4v) is 6.38. The number of aromatic nitrogens is 3. The molecule has 2 aromatic heterocycles. The molecule has 0 radical (unpaired) electrons. The lowest BCUT2D eigenvalue weighted by atomic mass is 10.1. The number of rotatable bonds is 11. The van der Waals surface area contributed by atoms with Crippen LogP contribution >= 0.6 is 11.6 Å². The Bertz CT molecular complexity index is 2020. The first-order valence-electron chi connectivity index (χ1n) is 15.7. The predicted molar refractivity (Wildman–Crippen MR) is 182 cm³/mol. The predicted octanol–water partition coefficient (Wildman–Crippen LogP) is 7.48. The van der Waals surface area contributed by atoms with Gasteiger partial charge in [-0.25, -0.2) is 14.5 Å². The SMILES string of the molecule is COc1ccc2nc3c(c(C)nn3[C@@H]3O[C@H](COC(=O)c4ccccc4)[C@@H](OCc4ccccc4)[C@H]3OCc3ccccc3)c(Cl)c2c1. The number of nitrogens with zero attached hydrogens (tertiary/aromatic N) is 3. The first-order valence-corrected chi connectivity index (χ1v) is 16.1. The Morgan fingerprint density at radius 3 is 2.12 bits per heavy atom. The number of hydrogen-bond donors (Lipinski definition) is 0. The van der Waals surface area contributed by atoms with Gasteiger partial charge in [0.25, 0.3) is 0 Å². The molecular formula is C38H34ClN3O6. The first-order chi connectivity index (χ1) is 23.5. The molecule has 1 saturated heterocycles. The number of benzene rings is 4. The second-order valence-electron chi connectivity index (χ2n) is 11.6. The van der Waals surface area contributed by atoms with Gasteiger partial charge in [-0.3, -0.25) is 0 Å². The Morgan fingerprint density at radius 2 is 1.48 bits per heavy atom. The highest BCUT2D eigenvalue weighted by atomic mass is 35.5. The van der Waals surface area contributed by atoms with E-state index in [1.165, 1.54) is 0 Å². The number of halogens is 1. The third-order valence-electron chi connectivity index (χ3n) is 8.43. The van der Waals surface area contributed by atoms with Gasteiger partial charge < -0.3 is 23.7 Å². The van der Waals surface area contributed by atoms with Crippen LogP contribution in [0.4, 0.5) is 0 Å². The van der Waals surface area contributed by atoms with Crippen molar-refractivity contribution in [2.45, 2.75) is 44.7 Å². The first kappa shape index (κ1) is 31.8. The number of hydrogen-bond acceptors (Lipinski definition) is 8. The van der Waals surface area contributed by atoms with Crippen molar-refractivity contribution in [2.75, 3.05) is 13.7 Å². The molecule has 0 spiro atoms. The molecule has 10 heteroatoms. The van der Waals surface area contributed by atoms with Crippen LogP contribution in [-0.2, 0) is 32.2 Å². The molecule has 4 aromatic carbocycles. The van der Waals surface area contributed by atoms with Crippen molar-refractivity contribution in [2.24, 2.45) is 0 Å². The highest BCUT2D eigenvalue weighted by Crippen LogP contribution is 2.40. The van der Waals surface area contributed by atoms with E-state index in [4.69, 9.17) is 45.4 Å². The number of fused-ring (bicyclic) bond motifs is 2. The maximum Gasteiger partial charge on any atom is 0.338 e. The third kappa shape index (κ3) is 6.50. The van der Waals surface area contributed by atoms with Crippen LogP contribution in [0.25, 0.3) is 21.9 Å². The van der Waals surface area contributed by atoms with Crippen molar-refractivity contribution in [1.29, 1.82) is 0 Å². The number of carbonyl (C=O) groups excluding carboxylic acids is 1. The number of carbonyl (C=O) groups is 1. The molecule has 1 aliphatic rings. The van der Waals surface area contributed by atoms with Gasteiger partial charge in [0.15, 0.2) is 11.9 Å². The number of ether oxygens (including phenoxy) is 5. The topological polar surface area (TPSA) is 93.9 Å². The standard InChI is InChI=1S/C38H34ClN3O6/c1-24-32-33(39)29-20-28(44-2)18-19-30(29)40-36(32)42(41-24)37-35(46-22-26-14-8-4-9-15-26)34(45-21-25-12-6-3-7-13-25)31(48-37)23-47-38(43)27-16-10-5-11-17-27/h3-20,31,34-35,37H,21-23H2,1-2H3/t31-,34-,35-,37-/m1/s1. The quantitative estimate of drug-likeness (QED) is 0.132. The van der Waals surface area contributed by atoms with Crippen molar-refractivity contribution < 1.29 is 28.5 Å². The fraction of sp³-hybridized carbons (Fsp3) is 0.237. The lowest BCUT2D eigenvalue weighted by molar-refractivity contribution is -0.0922. The molecular weight excluding hydrogens is 630 g/mol. The van der Waals surface area contributed by atoms with E-state index < -0.39 is 30.5 Å². The van der Waals surface area contributed by atoms with Gasteiger partial charge in [0.1, 0.15) is 30.7 Å². The maximum absolute atomic E-state index is 13.0. The molecule has 0 bridgehead atoms. The van der Waals surface area contributed by atoms with Crippen molar-refractivity contribution in [3.8, 4) is 5.75 Å². The van der Waals surface area contributed by atoms with E-state index in [-0.39, 0.29) is 6.61 Å². The monoisotopic (exact) mass is 663 g/mol. The Labute approximate surface area is 282 Å². The Morgan fingerprint density at radius 1 is 0.854 bits per heavy atom. The summed E-state index contributed by atoms with van der Waals surface area (Å²) >= 11 is 7.02. The summed E-state index contributed by atoms with van der Waals surface area (Å²) in [4.78, 5) is 18.0. The minimum Gasteiger partial charge on any atom is -0.497 e. The van der Waals surface area contributed by atoms with Crippen molar-refractivity contribution in [3.05, 3.63) is 137 Å². The van der Waals surface area contributed by atoms with Gasteiger partial charge in [-0.2, -0.15) is 5.10 Å². The number of pyridine rings is 1. The number of aryl methyl sites for hydroxylation is 1. The molecule has 1 aliphatic heterocycles. The van der Waals surface area contributed by atoms with Crippen LogP contribution in [0.2, 0.25) is 5.02 Å². The van der Waals surface area contributed by atoms with Gasteiger partial charge in [-0.15, -0.1) is 0 Å². The second kappa shape index (κ2) is 14.1. The molecule has 0 N–H and O–H groups in total. The van der Waals surface area contributed by atoms with E-state index in [2.05, 4.69) is 0 Å².